The standard InChI is InChI=1S/C33H33NO5/c1-3-37-29-17-11-10-16-26(29)31-30(33(36)39-19-18-38-25-14-8-5-9-15-25)22(2)34-27-20-24(21-28(35)32(27)31)23-12-6-4-7-13-23/h4-17,24,31,34H,3,18-21H2,1-2H3/t24-,31-/m1/s1. The van der Waals surface area contributed by atoms with Gasteiger partial charge in [0.05, 0.1) is 18.1 Å². The maximum absolute atomic E-state index is 13.8. The summed E-state index contributed by atoms with van der Waals surface area (Å²) in [6.45, 7) is 4.57. The smallest absolute Gasteiger partial charge is 0.336 e. The van der Waals surface area contributed by atoms with Gasteiger partial charge in [-0.1, -0.05) is 66.7 Å². The van der Waals surface area contributed by atoms with Crippen molar-refractivity contribution in [1.82, 2.24) is 5.32 Å². The molecule has 2 aliphatic rings. The van der Waals surface area contributed by atoms with Gasteiger partial charge in [-0.05, 0) is 49.9 Å². The Morgan fingerprint density at radius 3 is 2.31 bits per heavy atom. The van der Waals surface area contributed by atoms with Gasteiger partial charge in [0.2, 0.25) is 0 Å². The van der Waals surface area contributed by atoms with Crippen molar-refractivity contribution in [3.05, 3.63) is 119 Å². The number of carbonyl (C=O) groups is 2. The minimum atomic E-state index is -0.587. The van der Waals surface area contributed by atoms with Crippen molar-refractivity contribution in [3.8, 4) is 11.5 Å². The van der Waals surface area contributed by atoms with Crippen LogP contribution >= 0.6 is 0 Å². The largest absolute Gasteiger partial charge is 0.494 e. The van der Waals surface area contributed by atoms with Crippen molar-refractivity contribution in [2.45, 2.75) is 38.5 Å². The molecule has 5 rings (SSSR count). The number of carbonyl (C=O) groups excluding carboxylic acids is 2. The van der Waals surface area contributed by atoms with E-state index in [4.69, 9.17) is 14.2 Å². The molecule has 200 valence electrons. The van der Waals surface area contributed by atoms with E-state index in [0.717, 1.165) is 16.8 Å². The van der Waals surface area contributed by atoms with E-state index in [1.807, 2.05) is 86.6 Å². The molecular formula is C33H33NO5. The van der Waals surface area contributed by atoms with Crippen LogP contribution < -0.4 is 14.8 Å². The summed E-state index contributed by atoms with van der Waals surface area (Å²) in [5, 5.41) is 3.41. The lowest BCUT2D eigenvalue weighted by molar-refractivity contribution is -0.140. The minimum absolute atomic E-state index is 0.0270. The molecule has 0 saturated carbocycles. The summed E-state index contributed by atoms with van der Waals surface area (Å²) < 4.78 is 17.3. The summed E-state index contributed by atoms with van der Waals surface area (Å²) in [7, 11) is 0. The number of Topliss-reactive ketones (excluding diaryl/α,β-unsaturated/α-hetero) is 1. The van der Waals surface area contributed by atoms with Crippen molar-refractivity contribution in [2.24, 2.45) is 0 Å². The van der Waals surface area contributed by atoms with Crippen molar-refractivity contribution in [2.75, 3.05) is 19.8 Å². The lowest BCUT2D eigenvalue weighted by atomic mass is 9.71. The van der Waals surface area contributed by atoms with Crippen LogP contribution in [0.3, 0.4) is 0 Å². The molecule has 1 aliphatic carbocycles. The molecule has 0 amide bonds. The first-order valence-corrected chi connectivity index (χ1v) is 13.4. The quantitative estimate of drug-likeness (QED) is 0.271. The predicted octanol–water partition coefficient (Wildman–Crippen LogP) is 6.07. The fraction of sp³-hybridized carbons (Fsp3) is 0.273. The van der Waals surface area contributed by atoms with Crippen LogP contribution in [0.5, 0.6) is 11.5 Å². The Hall–Kier alpha value is -4.32. The van der Waals surface area contributed by atoms with Crippen LogP contribution in [-0.4, -0.2) is 31.6 Å². The Morgan fingerprint density at radius 2 is 1.56 bits per heavy atom. The molecule has 3 aromatic carbocycles. The Labute approximate surface area is 229 Å². The summed E-state index contributed by atoms with van der Waals surface area (Å²) in [4.78, 5) is 27.4. The Kier molecular flexibility index (Phi) is 8.11. The summed E-state index contributed by atoms with van der Waals surface area (Å²) >= 11 is 0. The predicted molar refractivity (Wildman–Crippen MR) is 150 cm³/mol. The zero-order chi connectivity index (χ0) is 27.2. The van der Waals surface area contributed by atoms with Gasteiger partial charge in [0.1, 0.15) is 24.7 Å². The Bertz CT molecular complexity index is 1390. The van der Waals surface area contributed by atoms with Crippen molar-refractivity contribution >= 4 is 11.8 Å². The third kappa shape index (κ3) is 5.75. The van der Waals surface area contributed by atoms with E-state index in [-0.39, 0.29) is 24.9 Å². The van der Waals surface area contributed by atoms with Crippen LogP contribution in [0, 0.1) is 0 Å². The number of hydrogen-bond donors (Lipinski definition) is 1. The molecule has 6 heteroatoms. The summed E-state index contributed by atoms with van der Waals surface area (Å²) in [6, 6.07) is 27.1. The number of ketones is 1. The van der Waals surface area contributed by atoms with Gasteiger partial charge in [-0.15, -0.1) is 0 Å². The Balaban J connectivity index is 1.45. The highest BCUT2D eigenvalue weighted by molar-refractivity contribution is 6.04. The zero-order valence-corrected chi connectivity index (χ0v) is 22.3. The fourth-order valence-electron chi connectivity index (χ4n) is 5.48. The van der Waals surface area contributed by atoms with E-state index >= 15 is 0 Å². The first-order valence-electron chi connectivity index (χ1n) is 13.4. The molecule has 6 nitrogen and oxygen atoms in total. The second-order valence-corrected chi connectivity index (χ2v) is 9.70. The molecule has 2 atom stereocenters. The normalized spacial score (nSPS) is 18.8. The van der Waals surface area contributed by atoms with Crippen molar-refractivity contribution in [1.29, 1.82) is 0 Å². The topological polar surface area (TPSA) is 73.9 Å². The van der Waals surface area contributed by atoms with E-state index in [1.54, 1.807) is 0 Å². The molecule has 0 bridgehead atoms. The fourth-order valence-corrected chi connectivity index (χ4v) is 5.48. The lowest BCUT2D eigenvalue weighted by Gasteiger charge is -2.37. The molecule has 0 fully saturated rings. The molecule has 0 aromatic heterocycles. The molecule has 0 unspecified atom stereocenters. The molecule has 0 saturated heterocycles. The number of dihydropyridines is 1. The number of allylic oxidation sites excluding steroid dienone is 3. The van der Waals surface area contributed by atoms with Gasteiger partial charge in [-0.3, -0.25) is 4.79 Å². The monoisotopic (exact) mass is 523 g/mol. The SMILES string of the molecule is CCOc1ccccc1[C@@H]1C(C(=O)OCCOc2ccccc2)=C(C)NC2=C1C(=O)C[C@H](c1ccccc1)C2. The highest BCUT2D eigenvalue weighted by Gasteiger charge is 2.42. The molecular weight excluding hydrogens is 490 g/mol. The number of para-hydroxylation sites is 2. The number of ether oxygens (including phenoxy) is 3. The second-order valence-electron chi connectivity index (χ2n) is 9.70. The first-order chi connectivity index (χ1) is 19.1. The van der Waals surface area contributed by atoms with E-state index in [0.29, 0.717) is 47.8 Å². The van der Waals surface area contributed by atoms with Gasteiger partial charge in [0, 0.05) is 29.0 Å². The molecule has 3 aromatic rings. The van der Waals surface area contributed by atoms with E-state index in [2.05, 4.69) is 17.4 Å². The van der Waals surface area contributed by atoms with E-state index in [9.17, 15) is 9.59 Å². The van der Waals surface area contributed by atoms with E-state index in [1.165, 1.54) is 0 Å². The number of rotatable bonds is 9. The molecule has 1 N–H and O–H groups in total. The zero-order valence-electron chi connectivity index (χ0n) is 22.3. The van der Waals surface area contributed by atoms with Gasteiger partial charge in [-0.25, -0.2) is 4.79 Å². The first kappa shape index (κ1) is 26.3. The third-order valence-corrected chi connectivity index (χ3v) is 7.18. The van der Waals surface area contributed by atoms with Crippen molar-refractivity contribution in [3.63, 3.8) is 0 Å². The summed E-state index contributed by atoms with van der Waals surface area (Å²) in [5.41, 5.74) is 4.50. The molecule has 1 aliphatic heterocycles. The van der Waals surface area contributed by atoms with Crippen LogP contribution in [0.1, 0.15) is 49.7 Å². The highest BCUT2D eigenvalue weighted by atomic mass is 16.6. The van der Waals surface area contributed by atoms with Crippen LogP contribution in [-0.2, 0) is 14.3 Å². The highest BCUT2D eigenvalue weighted by Crippen LogP contribution is 2.47. The molecule has 1 heterocycles. The van der Waals surface area contributed by atoms with Gasteiger partial charge in [0.25, 0.3) is 0 Å². The van der Waals surface area contributed by atoms with Gasteiger partial charge >= 0.3 is 5.97 Å². The molecule has 0 spiro atoms. The van der Waals surface area contributed by atoms with E-state index < -0.39 is 11.9 Å². The average Bonchev–Trinajstić information content (AvgIpc) is 2.96. The van der Waals surface area contributed by atoms with Gasteiger partial charge in [-0.2, -0.15) is 0 Å². The second kappa shape index (κ2) is 12.0. The molecule has 0 radical (unpaired) electrons. The number of nitrogens with one attached hydrogen (secondary N) is 1. The number of hydrogen-bond acceptors (Lipinski definition) is 6. The minimum Gasteiger partial charge on any atom is -0.494 e. The third-order valence-electron chi connectivity index (χ3n) is 7.18. The van der Waals surface area contributed by atoms with Crippen LogP contribution in [0.4, 0.5) is 0 Å². The van der Waals surface area contributed by atoms with Crippen molar-refractivity contribution < 1.29 is 23.8 Å². The summed E-state index contributed by atoms with van der Waals surface area (Å²) in [6.07, 6.45) is 1.06. The Morgan fingerprint density at radius 1 is 0.872 bits per heavy atom. The molecule has 39 heavy (non-hydrogen) atoms. The maximum atomic E-state index is 13.8. The summed E-state index contributed by atoms with van der Waals surface area (Å²) in [5.74, 6) is 0.404. The van der Waals surface area contributed by atoms with Gasteiger partial charge < -0.3 is 19.5 Å². The van der Waals surface area contributed by atoms with Crippen LogP contribution in [0.2, 0.25) is 0 Å². The number of benzene rings is 3. The lowest BCUT2D eigenvalue weighted by Crippen LogP contribution is -2.36. The number of esters is 1. The van der Waals surface area contributed by atoms with Crippen LogP contribution in [0.25, 0.3) is 0 Å². The van der Waals surface area contributed by atoms with Crippen LogP contribution in [0.15, 0.2) is 107 Å². The maximum Gasteiger partial charge on any atom is 0.336 e. The average molecular weight is 524 g/mol. The van der Waals surface area contributed by atoms with Gasteiger partial charge in [0.15, 0.2) is 5.78 Å².